The van der Waals surface area contributed by atoms with Gasteiger partial charge in [0.25, 0.3) is 0 Å². The van der Waals surface area contributed by atoms with Crippen molar-refractivity contribution in [2.75, 3.05) is 20.1 Å². The summed E-state index contributed by atoms with van der Waals surface area (Å²) in [6, 6.07) is 0. The van der Waals surface area contributed by atoms with Crippen LogP contribution in [0.4, 0.5) is 13.2 Å². The highest BCUT2D eigenvalue weighted by atomic mass is 19.4. The Morgan fingerprint density at radius 2 is 1.72 bits per heavy atom. The summed E-state index contributed by atoms with van der Waals surface area (Å²) >= 11 is 0. The minimum atomic E-state index is -4.12. The maximum atomic E-state index is 12.1. The molecule has 0 N–H and O–H groups in total. The molecule has 1 fully saturated rings. The number of alkyl halides is 3. The van der Waals surface area contributed by atoms with Crippen molar-refractivity contribution in [3.05, 3.63) is 0 Å². The summed E-state index contributed by atoms with van der Waals surface area (Å²) in [7, 11) is 1.67. The highest BCUT2D eigenvalue weighted by Crippen LogP contribution is 2.34. The second-order valence-corrected chi connectivity index (χ2v) is 5.50. The van der Waals surface area contributed by atoms with Crippen LogP contribution in [-0.4, -0.2) is 37.5 Å². The van der Waals surface area contributed by atoms with Crippen molar-refractivity contribution in [3.63, 3.8) is 0 Å². The van der Waals surface area contributed by atoms with Crippen molar-refractivity contribution in [3.8, 4) is 0 Å². The Morgan fingerprint density at radius 1 is 1.17 bits per heavy atom. The first-order valence-corrected chi connectivity index (χ1v) is 6.59. The van der Waals surface area contributed by atoms with E-state index in [1.54, 1.807) is 11.9 Å². The van der Waals surface area contributed by atoms with Crippen molar-refractivity contribution in [2.45, 2.75) is 51.1 Å². The van der Waals surface area contributed by atoms with Gasteiger partial charge in [-0.2, -0.15) is 13.2 Å². The van der Waals surface area contributed by atoms with Crippen molar-refractivity contribution in [1.29, 1.82) is 0 Å². The van der Waals surface area contributed by atoms with E-state index in [4.69, 9.17) is 0 Å². The lowest BCUT2D eigenvalue weighted by atomic mass is 9.81. The average molecular weight is 265 g/mol. The van der Waals surface area contributed by atoms with E-state index in [1.165, 1.54) is 0 Å². The first-order valence-electron chi connectivity index (χ1n) is 6.59. The zero-order valence-electron chi connectivity index (χ0n) is 10.9. The topological polar surface area (TPSA) is 20.3 Å². The summed E-state index contributed by atoms with van der Waals surface area (Å²) in [5.74, 6) is 0. The molecule has 106 valence electrons. The number of hydrogen-bond acceptors (Lipinski definition) is 2. The molecule has 0 amide bonds. The average Bonchev–Trinajstić information content (AvgIpc) is 2.52. The van der Waals surface area contributed by atoms with E-state index < -0.39 is 18.0 Å². The van der Waals surface area contributed by atoms with E-state index in [-0.39, 0.29) is 6.54 Å². The SMILES string of the molecule is CN(CCC(F)(F)F)CC1(C=O)CCCCCC1. The molecule has 1 aliphatic rings. The molecule has 0 heterocycles. The largest absolute Gasteiger partial charge is 0.390 e. The van der Waals surface area contributed by atoms with Crippen LogP contribution in [0.5, 0.6) is 0 Å². The Hall–Kier alpha value is -0.580. The fourth-order valence-electron chi connectivity index (χ4n) is 2.68. The van der Waals surface area contributed by atoms with Crippen LogP contribution in [0.2, 0.25) is 0 Å². The number of rotatable bonds is 5. The molecule has 0 aromatic carbocycles. The molecular weight excluding hydrogens is 243 g/mol. The molecule has 0 atom stereocenters. The van der Waals surface area contributed by atoms with E-state index in [2.05, 4.69) is 0 Å². The lowest BCUT2D eigenvalue weighted by Crippen LogP contribution is -2.38. The molecule has 0 bridgehead atoms. The monoisotopic (exact) mass is 265 g/mol. The first-order chi connectivity index (χ1) is 8.37. The number of carbonyl (C=O) groups is 1. The van der Waals surface area contributed by atoms with E-state index in [0.29, 0.717) is 6.54 Å². The Bertz CT molecular complexity index is 257. The van der Waals surface area contributed by atoms with Gasteiger partial charge in [0.1, 0.15) is 6.29 Å². The van der Waals surface area contributed by atoms with Gasteiger partial charge < -0.3 is 9.69 Å². The summed E-state index contributed by atoms with van der Waals surface area (Å²) in [5, 5.41) is 0. The Kier molecular flexibility index (Phi) is 5.63. The summed E-state index contributed by atoms with van der Waals surface area (Å²) in [4.78, 5) is 13.0. The number of halogens is 3. The molecule has 5 heteroatoms. The van der Waals surface area contributed by atoms with Crippen molar-refractivity contribution < 1.29 is 18.0 Å². The summed E-state index contributed by atoms with van der Waals surface area (Å²) < 4.78 is 36.4. The zero-order valence-corrected chi connectivity index (χ0v) is 10.9. The maximum absolute atomic E-state index is 12.1. The molecule has 1 saturated carbocycles. The lowest BCUT2D eigenvalue weighted by molar-refractivity contribution is -0.138. The normalized spacial score (nSPS) is 20.7. The molecular formula is C13H22F3NO. The van der Waals surface area contributed by atoms with Crippen LogP contribution in [0, 0.1) is 5.41 Å². The van der Waals surface area contributed by atoms with Gasteiger partial charge in [-0.15, -0.1) is 0 Å². The molecule has 0 aromatic rings. The second kappa shape index (κ2) is 6.55. The summed E-state index contributed by atoms with van der Waals surface area (Å²) in [6.45, 7) is 0.422. The highest BCUT2D eigenvalue weighted by Gasteiger charge is 2.33. The molecule has 2 nitrogen and oxygen atoms in total. The molecule has 0 radical (unpaired) electrons. The zero-order chi connectivity index (χ0) is 13.6. The molecule has 0 aliphatic heterocycles. The van der Waals surface area contributed by atoms with E-state index in [0.717, 1.165) is 44.8 Å². The molecule has 18 heavy (non-hydrogen) atoms. The minimum Gasteiger partial charge on any atom is -0.305 e. The molecule has 1 rings (SSSR count). The van der Waals surface area contributed by atoms with Crippen molar-refractivity contribution in [2.24, 2.45) is 5.41 Å². The lowest BCUT2D eigenvalue weighted by Gasteiger charge is -2.31. The third-order valence-corrected chi connectivity index (χ3v) is 3.71. The van der Waals surface area contributed by atoms with E-state index in [9.17, 15) is 18.0 Å². The van der Waals surface area contributed by atoms with E-state index in [1.807, 2.05) is 0 Å². The first kappa shape index (κ1) is 15.5. The Morgan fingerprint density at radius 3 is 2.17 bits per heavy atom. The number of nitrogens with zero attached hydrogens (tertiary/aromatic N) is 1. The van der Waals surface area contributed by atoms with Gasteiger partial charge in [-0.25, -0.2) is 0 Å². The van der Waals surface area contributed by atoms with E-state index >= 15 is 0 Å². The third-order valence-electron chi connectivity index (χ3n) is 3.71. The van der Waals surface area contributed by atoms with Gasteiger partial charge in [0, 0.05) is 18.5 Å². The standard InChI is InChI=1S/C13H22F3NO/c1-17(9-8-13(14,15)16)10-12(11-18)6-4-2-3-5-7-12/h11H,2-10H2,1H3. The van der Waals surface area contributed by atoms with Crippen LogP contribution >= 0.6 is 0 Å². The van der Waals surface area contributed by atoms with Gasteiger partial charge in [-0.05, 0) is 19.9 Å². The van der Waals surface area contributed by atoms with Crippen LogP contribution in [0.15, 0.2) is 0 Å². The number of carbonyl (C=O) groups excluding carboxylic acids is 1. The summed E-state index contributed by atoms with van der Waals surface area (Å²) in [5.41, 5.74) is -0.420. The smallest absolute Gasteiger partial charge is 0.305 e. The molecule has 0 aromatic heterocycles. The fraction of sp³-hybridized carbons (Fsp3) is 0.923. The molecule has 0 spiro atoms. The predicted octanol–water partition coefficient (Wildman–Crippen LogP) is 3.41. The third kappa shape index (κ3) is 5.38. The molecule has 0 unspecified atom stereocenters. The highest BCUT2D eigenvalue weighted by molar-refractivity contribution is 5.59. The molecule has 1 aliphatic carbocycles. The predicted molar refractivity (Wildman–Crippen MR) is 64.4 cm³/mol. The summed E-state index contributed by atoms with van der Waals surface area (Å²) in [6.07, 6.45) is 1.94. The van der Waals surface area contributed by atoms with Crippen LogP contribution in [0.25, 0.3) is 0 Å². The second-order valence-electron chi connectivity index (χ2n) is 5.50. The van der Waals surface area contributed by atoms with Gasteiger partial charge in [-0.1, -0.05) is 25.7 Å². The number of aldehydes is 1. The fourth-order valence-corrected chi connectivity index (χ4v) is 2.68. The van der Waals surface area contributed by atoms with Crippen LogP contribution in [-0.2, 0) is 4.79 Å². The quantitative estimate of drug-likeness (QED) is 0.561. The Labute approximate surface area is 107 Å². The minimum absolute atomic E-state index is 0.0287. The van der Waals surface area contributed by atoms with Gasteiger partial charge in [-0.3, -0.25) is 0 Å². The maximum Gasteiger partial charge on any atom is 0.390 e. The van der Waals surface area contributed by atoms with Gasteiger partial charge in [0.15, 0.2) is 0 Å². The number of hydrogen-bond donors (Lipinski definition) is 0. The van der Waals surface area contributed by atoms with Gasteiger partial charge >= 0.3 is 6.18 Å². The molecule has 0 saturated heterocycles. The Balaban J connectivity index is 2.48. The van der Waals surface area contributed by atoms with Crippen LogP contribution < -0.4 is 0 Å². The van der Waals surface area contributed by atoms with Gasteiger partial charge in [0.2, 0.25) is 0 Å². The van der Waals surface area contributed by atoms with Crippen LogP contribution in [0.1, 0.15) is 44.9 Å². The van der Waals surface area contributed by atoms with Crippen molar-refractivity contribution in [1.82, 2.24) is 4.90 Å². The van der Waals surface area contributed by atoms with Crippen molar-refractivity contribution >= 4 is 6.29 Å². The van der Waals surface area contributed by atoms with Gasteiger partial charge in [0.05, 0.1) is 6.42 Å². The van der Waals surface area contributed by atoms with Crippen LogP contribution in [0.3, 0.4) is 0 Å².